The van der Waals surface area contributed by atoms with E-state index in [9.17, 15) is 31.7 Å². The van der Waals surface area contributed by atoms with Crippen molar-refractivity contribution in [1.82, 2.24) is 0 Å². The van der Waals surface area contributed by atoms with Crippen LogP contribution in [0.3, 0.4) is 0 Å². The van der Waals surface area contributed by atoms with Crippen molar-refractivity contribution < 1.29 is 31.2 Å². The number of hydrogen-bond donors (Lipinski definition) is 0. The molecule has 0 N–H and O–H groups in total. The first kappa shape index (κ1) is 21.5. The maximum Gasteiger partial charge on any atom is 0.416 e. The molecule has 11 heteroatoms. The molecule has 2 aromatic carbocycles. The van der Waals surface area contributed by atoms with Gasteiger partial charge in [-0.1, -0.05) is 6.07 Å². The zero-order valence-corrected chi connectivity index (χ0v) is 16.0. The fraction of sp³-hybridized carbons (Fsp3) is 0.294. The molecular formula is C17H17F3N2O5S. The van der Waals surface area contributed by atoms with Crippen LogP contribution in [0, 0.1) is 17.0 Å². The van der Waals surface area contributed by atoms with Crippen LogP contribution in [-0.2, 0) is 22.8 Å². The Morgan fingerprint density at radius 1 is 1.18 bits per heavy atom. The second-order valence-corrected chi connectivity index (χ2v) is 8.08. The van der Waals surface area contributed by atoms with Gasteiger partial charge in [0, 0.05) is 13.1 Å². The highest BCUT2D eigenvalue weighted by molar-refractivity contribution is 7.92. The Labute approximate surface area is 159 Å². The number of rotatable bonds is 6. The monoisotopic (exact) mass is 418 g/mol. The number of sulfonamides is 1. The van der Waals surface area contributed by atoms with E-state index in [4.69, 9.17) is 4.74 Å². The number of nitro groups is 1. The largest absolute Gasteiger partial charge is 0.486 e. The molecule has 0 atom stereocenters. The summed E-state index contributed by atoms with van der Waals surface area (Å²) < 4.78 is 68.7. The van der Waals surface area contributed by atoms with Crippen molar-refractivity contribution in [2.24, 2.45) is 0 Å². The maximum atomic E-state index is 12.9. The number of hydrogen-bond acceptors (Lipinski definition) is 5. The van der Waals surface area contributed by atoms with Crippen LogP contribution in [0.4, 0.5) is 24.5 Å². The SMILES string of the molecule is Cc1ccc(C(F)(F)F)cc1COc1cc([N+](=O)[O-])ccc1N(C)S(C)(=O)=O. The fourth-order valence-corrected chi connectivity index (χ4v) is 2.84. The van der Waals surface area contributed by atoms with Gasteiger partial charge in [-0.2, -0.15) is 13.2 Å². The molecule has 0 saturated carbocycles. The number of halogens is 3. The van der Waals surface area contributed by atoms with E-state index in [1.165, 1.54) is 19.2 Å². The minimum absolute atomic E-state index is 0.0257. The van der Waals surface area contributed by atoms with E-state index in [1.54, 1.807) is 6.92 Å². The number of ether oxygens (including phenoxy) is 1. The molecule has 7 nitrogen and oxygen atoms in total. The number of nitro benzene ring substituents is 1. The normalized spacial score (nSPS) is 11.9. The lowest BCUT2D eigenvalue weighted by Crippen LogP contribution is -2.25. The van der Waals surface area contributed by atoms with Crippen LogP contribution in [0.15, 0.2) is 36.4 Å². The molecule has 0 fully saturated rings. The van der Waals surface area contributed by atoms with Gasteiger partial charge in [-0.15, -0.1) is 0 Å². The van der Waals surface area contributed by atoms with Crippen LogP contribution in [0.5, 0.6) is 5.75 Å². The van der Waals surface area contributed by atoms with Crippen molar-refractivity contribution in [2.45, 2.75) is 19.7 Å². The Kier molecular flexibility index (Phi) is 5.88. The van der Waals surface area contributed by atoms with Gasteiger partial charge >= 0.3 is 6.18 Å². The van der Waals surface area contributed by atoms with Crippen LogP contribution in [0.25, 0.3) is 0 Å². The zero-order chi connectivity index (χ0) is 21.3. The Morgan fingerprint density at radius 2 is 1.82 bits per heavy atom. The summed E-state index contributed by atoms with van der Waals surface area (Å²) in [5.74, 6) is -0.140. The predicted octanol–water partition coefficient (Wildman–Crippen LogP) is 3.90. The third-order valence-electron chi connectivity index (χ3n) is 4.05. The van der Waals surface area contributed by atoms with E-state index >= 15 is 0 Å². The average Bonchev–Trinajstić information content (AvgIpc) is 2.58. The molecule has 2 rings (SSSR count). The topological polar surface area (TPSA) is 89.8 Å². The van der Waals surface area contributed by atoms with Crippen molar-refractivity contribution in [1.29, 1.82) is 0 Å². The molecule has 0 aliphatic carbocycles. The lowest BCUT2D eigenvalue weighted by Gasteiger charge is -2.20. The molecule has 0 unspecified atom stereocenters. The maximum absolute atomic E-state index is 12.9. The molecule has 152 valence electrons. The van der Waals surface area contributed by atoms with E-state index < -0.39 is 26.7 Å². The Hall–Kier alpha value is -2.82. The number of benzene rings is 2. The third kappa shape index (κ3) is 4.91. The Bertz CT molecular complexity index is 1010. The molecule has 0 saturated heterocycles. The van der Waals surface area contributed by atoms with E-state index in [0.717, 1.165) is 34.8 Å². The molecule has 0 spiro atoms. The molecule has 28 heavy (non-hydrogen) atoms. The van der Waals surface area contributed by atoms with Gasteiger partial charge in [-0.25, -0.2) is 8.42 Å². The Balaban J connectivity index is 2.42. The smallest absolute Gasteiger partial charge is 0.416 e. The van der Waals surface area contributed by atoms with Crippen LogP contribution in [0.2, 0.25) is 0 Å². The summed E-state index contributed by atoms with van der Waals surface area (Å²) in [7, 11) is -2.46. The van der Waals surface area contributed by atoms with Crippen molar-refractivity contribution >= 4 is 21.4 Å². The number of anilines is 1. The van der Waals surface area contributed by atoms with Crippen LogP contribution >= 0.6 is 0 Å². The summed E-state index contributed by atoms with van der Waals surface area (Å²) in [5, 5.41) is 11.0. The quantitative estimate of drug-likeness (QED) is 0.524. The van der Waals surface area contributed by atoms with E-state index in [1.807, 2.05) is 0 Å². The van der Waals surface area contributed by atoms with Crippen LogP contribution in [0.1, 0.15) is 16.7 Å². The first-order chi connectivity index (χ1) is 12.8. The number of non-ortho nitro benzene ring substituents is 1. The molecule has 0 amide bonds. The second kappa shape index (κ2) is 7.66. The molecule has 0 bridgehead atoms. The lowest BCUT2D eigenvalue weighted by molar-refractivity contribution is -0.384. The number of aryl methyl sites for hydroxylation is 1. The summed E-state index contributed by atoms with van der Waals surface area (Å²) >= 11 is 0. The predicted molar refractivity (Wildman–Crippen MR) is 96.9 cm³/mol. The van der Waals surface area contributed by atoms with Gasteiger partial charge in [0.25, 0.3) is 5.69 Å². The highest BCUT2D eigenvalue weighted by atomic mass is 32.2. The summed E-state index contributed by atoms with van der Waals surface area (Å²) in [6.45, 7) is 1.26. The van der Waals surface area contributed by atoms with Crippen molar-refractivity contribution in [3.8, 4) is 5.75 Å². The Morgan fingerprint density at radius 3 is 2.36 bits per heavy atom. The standard InChI is InChI=1S/C17H17F3N2O5S/c1-11-4-5-13(17(18,19)20)8-12(11)10-27-16-9-14(22(23)24)6-7-15(16)21(2)28(3,25)26/h4-9H,10H2,1-3H3. The van der Waals surface area contributed by atoms with Crippen molar-refractivity contribution in [3.05, 3.63) is 63.2 Å². The fourth-order valence-electron chi connectivity index (χ4n) is 2.33. The molecule has 0 heterocycles. The molecular weight excluding hydrogens is 401 g/mol. The lowest BCUT2D eigenvalue weighted by atomic mass is 10.1. The first-order valence-electron chi connectivity index (χ1n) is 7.82. The van der Waals surface area contributed by atoms with Crippen molar-refractivity contribution in [3.63, 3.8) is 0 Å². The molecule has 0 radical (unpaired) electrons. The average molecular weight is 418 g/mol. The van der Waals surface area contributed by atoms with Gasteiger partial charge in [-0.3, -0.25) is 14.4 Å². The minimum atomic E-state index is -4.53. The second-order valence-electron chi connectivity index (χ2n) is 6.07. The third-order valence-corrected chi connectivity index (χ3v) is 5.24. The molecule has 0 aromatic heterocycles. The number of nitrogens with zero attached hydrogens (tertiary/aromatic N) is 2. The summed E-state index contributed by atoms with van der Waals surface area (Å²) in [6.07, 6.45) is -3.59. The zero-order valence-electron chi connectivity index (χ0n) is 15.1. The highest BCUT2D eigenvalue weighted by Crippen LogP contribution is 2.35. The van der Waals surface area contributed by atoms with Gasteiger partial charge in [0.05, 0.1) is 28.5 Å². The minimum Gasteiger partial charge on any atom is -0.486 e. The van der Waals surface area contributed by atoms with E-state index in [2.05, 4.69) is 0 Å². The molecule has 0 aliphatic heterocycles. The van der Waals surface area contributed by atoms with Gasteiger partial charge in [-0.05, 0) is 36.2 Å². The van der Waals surface area contributed by atoms with Gasteiger partial charge in [0.1, 0.15) is 6.61 Å². The summed E-state index contributed by atoms with van der Waals surface area (Å²) in [4.78, 5) is 10.3. The summed E-state index contributed by atoms with van der Waals surface area (Å²) in [5.41, 5.74) is -0.436. The van der Waals surface area contributed by atoms with Crippen molar-refractivity contribution in [2.75, 3.05) is 17.6 Å². The van der Waals surface area contributed by atoms with Crippen LogP contribution in [-0.4, -0.2) is 26.6 Å². The first-order valence-corrected chi connectivity index (χ1v) is 9.67. The van der Waals surface area contributed by atoms with E-state index in [-0.39, 0.29) is 29.3 Å². The molecule has 0 aliphatic rings. The summed E-state index contributed by atoms with van der Waals surface area (Å²) in [6, 6.07) is 6.49. The van der Waals surface area contributed by atoms with Gasteiger partial charge in [0.15, 0.2) is 5.75 Å². The van der Waals surface area contributed by atoms with Crippen LogP contribution < -0.4 is 9.04 Å². The highest BCUT2D eigenvalue weighted by Gasteiger charge is 2.31. The van der Waals surface area contributed by atoms with Gasteiger partial charge < -0.3 is 4.74 Å². The molecule has 2 aromatic rings. The number of alkyl halides is 3. The van der Waals surface area contributed by atoms with E-state index in [0.29, 0.717) is 5.56 Å². The van der Waals surface area contributed by atoms with Gasteiger partial charge in [0.2, 0.25) is 10.0 Å².